The summed E-state index contributed by atoms with van der Waals surface area (Å²) >= 11 is 0. The Hall–Kier alpha value is -0.120. The van der Waals surface area contributed by atoms with Crippen LogP contribution in [0.1, 0.15) is 32.6 Å². The first-order chi connectivity index (χ1) is 8.29. The molecule has 2 aliphatic heterocycles. The van der Waals surface area contributed by atoms with Gasteiger partial charge < -0.3 is 9.64 Å². The summed E-state index contributed by atoms with van der Waals surface area (Å²) in [6.45, 7) is 9.62. The number of ether oxygens (including phenoxy) is 1. The number of nitrogens with zero attached hydrogens (tertiary/aromatic N) is 2. The minimum absolute atomic E-state index is 0.662. The van der Waals surface area contributed by atoms with Gasteiger partial charge in [0.05, 0.1) is 0 Å². The van der Waals surface area contributed by atoms with E-state index in [1.54, 1.807) is 0 Å². The van der Waals surface area contributed by atoms with Crippen molar-refractivity contribution in [3.8, 4) is 0 Å². The maximum absolute atomic E-state index is 5.25. The fourth-order valence-corrected chi connectivity index (χ4v) is 3.39. The van der Waals surface area contributed by atoms with E-state index in [-0.39, 0.29) is 0 Å². The van der Waals surface area contributed by atoms with E-state index in [0.717, 1.165) is 12.6 Å². The Bertz CT molecular complexity index is 222. The predicted molar refractivity (Wildman–Crippen MR) is 71.3 cm³/mol. The highest BCUT2D eigenvalue weighted by molar-refractivity contribution is 4.83. The molecule has 17 heavy (non-hydrogen) atoms. The zero-order chi connectivity index (χ0) is 12.1. The molecule has 2 aliphatic rings. The van der Waals surface area contributed by atoms with Crippen molar-refractivity contribution in [1.29, 1.82) is 0 Å². The van der Waals surface area contributed by atoms with Crippen LogP contribution in [0.25, 0.3) is 0 Å². The van der Waals surface area contributed by atoms with Crippen molar-refractivity contribution in [3.63, 3.8) is 0 Å². The molecular formula is C14H28N2O. The molecule has 0 bridgehead atoms. The first kappa shape index (κ1) is 13.3. The van der Waals surface area contributed by atoms with Crippen LogP contribution in [0.4, 0.5) is 0 Å². The Morgan fingerprint density at radius 3 is 2.82 bits per heavy atom. The molecule has 2 atom stereocenters. The van der Waals surface area contributed by atoms with Gasteiger partial charge >= 0.3 is 0 Å². The van der Waals surface area contributed by atoms with Crippen LogP contribution in [-0.4, -0.2) is 62.3 Å². The second-order valence-electron chi connectivity index (χ2n) is 5.86. The molecular weight excluding hydrogens is 212 g/mol. The number of hydrogen-bond donors (Lipinski definition) is 0. The van der Waals surface area contributed by atoms with Crippen LogP contribution >= 0.6 is 0 Å². The van der Waals surface area contributed by atoms with Gasteiger partial charge in [0.25, 0.3) is 0 Å². The number of fused-ring (bicyclic) bond motifs is 1. The third kappa shape index (κ3) is 3.94. The Morgan fingerprint density at radius 2 is 2.00 bits per heavy atom. The molecule has 3 nitrogen and oxygen atoms in total. The summed E-state index contributed by atoms with van der Waals surface area (Å²) in [5.41, 5.74) is 0. The summed E-state index contributed by atoms with van der Waals surface area (Å²) in [6, 6.07) is 0.834. The van der Waals surface area contributed by atoms with Crippen molar-refractivity contribution in [3.05, 3.63) is 0 Å². The van der Waals surface area contributed by atoms with E-state index in [2.05, 4.69) is 16.7 Å². The van der Waals surface area contributed by atoms with Gasteiger partial charge in [-0.1, -0.05) is 13.3 Å². The summed E-state index contributed by atoms with van der Waals surface area (Å²) in [4.78, 5) is 5.39. The maximum Gasteiger partial charge on any atom is 0.0500 e. The average Bonchev–Trinajstić information content (AvgIpc) is 2.50. The van der Waals surface area contributed by atoms with Crippen LogP contribution in [0.15, 0.2) is 0 Å². The topological polar surface area (TPSA) is 15.7 Å². The van der Waals surface area contributed by atoms with Crippen LogP contribution in [-0.2, 0) is 4.74 Å². The van der Waals surface area contributed by atoms with Gasteiger partial charge in [0, 0.05) is 32.8 Å². The maximum atomic E-state index is 5.25. The highest BCUT2D eigenvalue weighted by Gasteiger charge is 2.27. The first-order valence-electron chi connectivity index (χ1n) is 7.25. The van der Waals surface area contributed by atoms with Crippen LogP contribution < -0.4 is 0 Å². The monoisotopic (exact) mass is 240 g/mol. The van der Waals surface area contributed by atoms with Gasteiger partial charge in [-0.2, -0.15) is 0 Å². The van der Waals surface area contributed by atoms with Crippen molar-refractivity contribution in [1.82, 2.24) is 9.80 Å². The molecule has 0 spiro atoms. The Kier molecular flexibility index (Phi) is 5.26. The second-order valence-corrected chi connectivity index (χ2v) is 5.86. The van der Waals surface area contributed by atoms with Gasteiger partial charge in [-0.25, -0.2) is 0 Å². The van der Waals surface area contributed by atoms with E-state index in [1.807, 2.05) is 7.11 Å². The molecule has 0 N–H and O–H groups in total. The minimum atomic E-state index is 0.662. The summed E-state index contributed by atoms with van der Waals surface area (Å²) in [5, 5.41) is 0. The van der Waals surface area contributed by atoms with Crippen molar-refractivity contribution >= 4 is 0 Å². The SMILES string of the molecule is COCC(C)CN1CCCN2CCCCC2C1. The minimum Gasteiger partial charge on any atom is -0.384 e. The molecule has 3 heteroatoms. The molecule has 2 rings (SSSR count). The van der Waals surface area contributed by atoms with Gasteiger partial charge in [-0.3, -0.25) is 4.90 Å². The number of rotatable bonds is 4. The zero-order valence-electron chi connectivity index (χ0n) is 11.5. The van der Waals surface area contributed by atoms with Crippen LogP contribution in [0.2, 0.25) is 0 Å². The van der Waals surface area contributed by atoms with E-state index in [4.69, 9.17) is 4.74 Å². The molecule has 2 heterocycles. The summed E-state index contributed by atoms with van der Waals surface area (Å²) in [5.74, 6) is 0.662. The summed E-state index contributed by atoms with van der Waals surface area (Å²) in [6.07, 6.45) is 5.60. The number of piperidine rings is 1. The zero-order valence-corrected chi connectivity index (χ0v) is 11.5. The second kappa shape index (κ2) is 6.72. The normalized spacial score (nSPS) is 29.6. The van der Waals surface area contributed by atoms with Crippen molar-refractivity contribution in [2.24, 2.45) is 5.92 Å². The van der Waals surface area contributed by atoms with Gasteiger partial charge in [0.15, 0.2) is 0 Å². The lowest BCUT2D eigenvalue weighted by Crippen LogP contribution is -2.44. The Morgan fingerprint density at radius 1 is 1.18 bits per heavy atom. The lowest BCUT2D eigenvalue weighted by atomic mass is 10.0. The molecule has 0 aliphatic carbocycles. The molecule has 2 fully saturated rings. The van der Waals surface area contributed by atoms with Crippen LogP contribution in [0.3, 0.4) is 0 Å². The molecule has 0 aromatic carbocycles. The molecule has 0 radical (unpaired) electrons. The molecule has 0 saturated carbocycles. The predicted octanol–water partition coefficient (Wildman–Crippen LogP) is 1.83. The van der Waals surface area contributed by atoms with E-state index in [0.29, 0.717) is 5.92 Å². The lowest BCUT2D eigenvalue weighted by molar-refractivity contribution is 0.109. The van der Waals surface area contributed by atoms with Crippen LogP contribution in [0, 0.1) is 5.92 Å². The van der Waals surface area contributed by atoms with Crippen LogP contribution in [0.5, 0.6) is 0 Å². The number of hydrogen-bond acceptors (Lipinski definition) is 3. The van der Waals surface area contributed by atoms with Gasteiger partial charge in [-0.15, -0.1) is 0 Å². The van der Waals surface area contributed by atoms with E-state index in [9.17, 15) is 0 Å². The average molecular weight is 240 g/mol. The van der Waals surface area contributed by atoms with E-state index in [1.165, 1.54) is 58.4 Å². The van der Waals surface area contributed by atoms with E-state index < -0.39 is 0 Å². The highest BCUT2D eigenvalue weighted by Crippen LogP contribution is 2.21. The third-order valence-electron chi connectivity index (χ3n) is 4.16. The molecule has 0 amide bonds. The fourth-order valence-electron chi connectivity index (χ4n) is 3.39. The lowest BCUT2D eigenvalue weighted by Gasteiger charge is -2.35. The Labute approximate surface area is 106 Å². The summed E-state index contributed by atoms with van der Waals surface area (Å²) in [7, 11) is 1.81. The quantitative estimate of drug-likeness (QED) is 0.745. The smallest absolute Gasteiger partial charge is 0.0500 e. The van der Waals surface area contributed by atoms with Gasteiger partial charge in [0.2, 0.25) is 0 Å². The third-order valence-corrected chi connectivity index (χ3v) is 4.16. The Balaban J connectivity index is 1.82. The number of methoxy groups -OCH3 is 1. The molecule has 0 aromatic rings. The molecule has 100 valence electrons. The first-order valence-corrected chi connectivity index (χ1v) is 7.25. The molecule has 0 aromatic heterocycles. The standard InChI is InChI=1S/C14H28N2O/c1-13(12-17-2)10-15-7-5-9-16-8-4-3-6-14(16)11-15/h13-14H,3-12H2,1-2H3. The van der Waals surface area contributed by atoms with Gasteiger partial charge in [-0.05, 0) is 44.8 Å². The fraction of sp³-hybridized carbons (Fsp3) is 1.00. The van der Waals surface area contributed by atoms with Crippen molar-refractivity contribution in [2.75, 3.05) is 46.4 Å². The molecule has 2 saturated heterocycles. The highest BCUT2D eigenvalue weighted by atomic mass is 16.5. The van der Waals surface area contributed by atoms with Gasteiger partial charge in [0.1, 0.15) is 0 Å². The van der Waals surface area contributed by atoms with Crippen molar-refractivity contribution < 1.29 is 4.74 Å². The van der Waals surface area contributed by atoms with E-state index >= 15 is 0 Å². The van der Waals surface area contributed by atoms with Crippen molar-refractivity contribution in [2.45, 2.75) is 38.6 Å². The molecule has 2 unspecified atom stereocenters. The largest absolute Gasteiger partial charge is 0.384 e. The summed E-state index contributed by atoms with van der Waals surface area (Å²) < 4.78 is 5.25.